The molecule has 90 valence electrons. The first-order valence-electron chi connectivity index (χ1n) is 5.03. The summed E-state index contributed by atoms with van der Waals surface area (Å²) in [5, 5.41) is 12.7. The molecule has 2 rings (SSSR count). The molecule has 0 atom stereocenters. The fourth-order valence-electron chi connectivity index (χ4n) is 1.65. The largest absolute Gasteiger partial charge is 0.480 e. The Morgan fingerprint density at radius 1 is 1.65 bits per heavy atom. The van der Waals surface area contributed by atoms with E-state index in [4.69, 9.17) is 10.8 Å². The van der Waals surface area contributed by atoms with Crippen molar-refractivity contribution in [3.63, 3.8) is 0 Å². The van der Waals surface area contributed by atoms with Gasteiger partial charge in [-0.25, -0.2) is 4.52 Å². The van der Waals surface area contributed by atoms with Crippen LogP contribution in [0.5, 0.6) is 0 Å². The van der Waals surface area contributed by atoms with Crippen LogP contribution in [0.4, 0.5) is 11.6 Å². The van der Waals surface area contributed by atoms with Crippen molar-refractivity contribution in [3.8, 4) is 0 Å². The lowest BCUT2D eigenvalue weighted by Crippen LogP contribution is -2.25. The number of aliphatic carboxylic acids is 1. The molecule has 3 N–H and O–H groups in total. The van der Waals surface area contributed by atoms with Gasteiger partial charge < -0.3 is 15.7 Å². The second-order valence-electron chi connectivity index (χ2n) is 3.87. The zero-order valence-electron chi connectivity index (χ0n) is 9.58. The number of aromatic nitrogens is 3. The molecule has 0 unspecified atom stereocenters. The van der Waals surface area contributed by atoms with Crippen molar-refractivity contribution in [1.29, 1.82) is 0 Å². The lowest BCUT2D eigenvalue weighted by Gasteiger charge is -2.17. The predicted molar refractivity (Wildman–Crippen MR) is 63.0 cm³/mol. The Balaban J connectivity index is 2.45. The van der Waals surface area contributed by atoms with Gasteiger partial charge in [-0.2, -0.15) is 4.98 Å². The van der Waals surface area contributed by atoms with Crippen LogP contribution in [0.25, 0.3) is 5.65 Å². The van der Waals surface area contributed by atoms with Gasteiger partial charge in [0.05, 0.1) is 11.9 Å². The number of likely N-dealkylation sites (N-methyl/N-ethyl adjacent to an activating group) is 1. The van der Waals surface area contributed by atoms with Crippen LogP contribution in [0.15, 0.2) is 12.3 Å². The number of nitrogens with two attached hydrogens (primary N) is 1. The van der Waals surface area contributed by atoms with Gasteiger partial charge >= 0.3 is 5.97 Å². The molecule has 2 aromatic rings. The molecular weight excluding hydrogens is 222 g/mol. The summed E-state index contributed by atoms with van der Waals surface area (Å²) in [5.74, 6) is -0.686. The maximum Gasteiger partial charge on any atom is 0.323 e. The molecule has 7 nitrogen and oxygen atoms in total. The number of carbonyl (C=O) groups is 1. The summed E-state index contributed by atoms with van der Waals surface area (Å²) in [4.78, 5) is 16.3. The van der Waals surface area contributed by atoms with E-state index in [0.29, 0.717) is 5.65 Å². The topological polar surface area (TPSA) is 96.8 Å². The van der Waals surface area contributed by atoms with Crippen molar-refractivity contribution < 1.29 is 9.90 Å². The SMILES string of the molecule is Cc1cc(N(C)CC(=O)O)cn2nc(N)nc12. The first-order chi connectivity index (χ1) is 7.97. The summed E-state index contributed by atoms with van der Waals surface area (Å²) in [5.41, 5.74) is 7.84. The fourth-order valence-corrected chi connectivity index (χ4v) is 1.65. The summed E-state index contributed by atoms with van der Waals surface area (Å²) in [6.45, 7) is 1.80. The average molecular weight is 235 g/mol. The molecule has 0 aliphatic rings. The van der Waals surface area contributed by atoms with E-state index in [1.54, 1.807) is 22.7 Å². The van der Waals surface area contributed by atoms with E-state index in [1.807, 2.05) is 13.0 Å². The van der Waals surface area contributed by atoms with Crippen molar-refractivity contribution in [2.45, 2.75) is 6.92 Å². The van der Waals surface area contributed by atoms with Crippen molar-refractivity contribution in [2.24, 2.45) is 0 Å². The van der Waals surface area contributed by atoms with Crippen LogP contribution >= 0.6 is 0 Å². The van der Waals surface area contributed by atoms with Gasteiger partial charge in [-0.3, -0.25) is 4.79 Å². The first-order valence-corrected chi connectivity index (χ1v) is 5.03. The summed E-state index contributed by atoms with van der Waals surface area (Å²) < 4.78 is 1.55. The highest BCUT2D eigenvalue weighted by atomic mass is 16.4. The molecule has 0 bridgehead atoms. The average Bonchev–Trinajstić information content (AvgIpc) is 2.58. The van der Waals surface area contributed by atoms with Crippen LogP contribution in [0, 0.1) is 6.92 Å². The highest BCUT2D eigenvalue weighted by molar-refractivity contribution is 5.73. The highest BCUT2D eigenvalue weighted by Crippen LogP contribution is 2.18. The molecule has 0 saturated carbocycles. The Morgan fingerprint density at radius 3 is 3.00 bits per heavy atom. The Bertz CT molecular complexity index is 577. The van der Waals surface area contributed by atoms with E-state index in [2.05, 4.69) is 10.1 Å². The molecule has 0 fully saturated rings. The van der Waals surface area contributed by atoms with E-state index >= 15 is 0 Å². The maximum atomic E-state index is 10.6. The second-order valence-corrected chi connectivity index (χ2v) is 3.87. The van der Waals surface area contributed by atoms with Gasteiger partial charge in [0.15, 0.2) is 5.65 Å². The number of fused-ring (bicyclic) bond motifs is 1. The maximum absolute atomic E-state index is 10.6. The number of aryl methyl sites for hydroxylation is 1. The third-order valence-electron chi connectivity index (χ3n) is 2.43. The summed E-state index contributed by atoms with van der Waals surface area (Å²) in [6.07, 6.45) is 1.70. The van der Waals surface area contributed by atoms with Gasteiger partial charge in [0, 0.05) is 7.05 Å². The number of hydrogen-bond acceptors (Lipinski definition) is 5. The van der Waals surface area contributed by atoms with E-state index in [0.717, 1.165) is 11.3 Å². The van der Waals surface area contributed by atoms with Crippen LogP contribution in [-0.2, 0) is 4.79 Å². The van der Waals surface area contributed by atoms with Gasteiger partial charge in [-0.05, 0) is 18.6 Å². The quantitative estimate of drug-likeness (QED) is 0.785. The number of carboxylic acids is 1. The lowest BCUT2D eigenvalue weighted by molar-refractivity contribution is -0.135. The molecule has 2 heterocycles. The number of pyridine rings is 1. The molecule has 0 amide bonds. The fraction of sp³-hybridized carbons (Fsp3) is 0.300. The van der Waals surface area contributed by atoms with Gasteiger partial charge in [-0.1, -0.05) is 0 Å². The molecule has 17 heavy (non-hydrogen) atoms. The number of nitrogen functional groups attached to an aromatic ring is 1. The van der Waals surface area contributed by atoms with Crippen LogP contribution < -0.4 is 10.6 Å². The zero-order valence-corrected chi connectivity index (χ0v) is 9.58. The van der Waals surface area contributed by atoms with Crippen LogP contribution in [0.3, 0.4) is 0 Å². The van der Waals surface area contributed by atoms with Crippen molar-refractivity contribution in [3.05, 3.63) is 17.8 Å². The Labute approximate surface area is 97.5 Å². The van der Waals surface area contributed by atoms with Crippen molar-refractivity contribution in [1.82, 2.24) is 14.6 Å². The molecule has 7 heteroatoms. The zero-order chi connectivity index (χ0) is 12.6. The smallest absolute Gasteiger partial charge is 0.323 e. The van der Waals surface area contributed by atoms with E-state index in [9.17, 15) is 4.79 Å². The first kappa shape index (κ1) is 11.2. The summed E-state index contributed by atoms with van der Waals surface area (Å²) >= 11 is 0. The van der Waals surface area contributed by atoms with Crippen molar-refractivity contribution in [2.75, 3.05) is 24.2 Å². The Hall–Kier alpha value is -2.31. The molecule has 0 aromatic carbocycles. The normalized spacial score (nSPS) is 10.7. The Morgan fingerprint density at radius 2 is 2.35 bits per heavy atom. The third kappa shape index (κ3) is 2.12. The van der Waals surface area contributed by atoms with Gasteiger partial charge in [0.2, 0.25) is 5.95 Å². The van der Waals surface area contributed by atoms with Crippen LogP contribution in [0.1, 0.15) is 5.56 Å². The number of anilines is 2. The Kier molecular flexibility index (Phi) is 2.58. The van der Waals surface area contributed by atoms with Crippen LogP contribution in [0.2, 0.25) is 0 Å². The minimum Gasteiger partial charge on any atom is -0.480 e. The molecule has 2 aromatic heterocycles. The molecule has 0 aliphatic carbocycles. The number of hydrogen-bond donors (Lipinski definition) is 2. The number of nitrogens with zero attached hydrogens (tertiary/aromatic N) is 4. The molecule has 0 radical (unpaired) electrons. The molecular formula is C10H13N5O2. The summed E-state index contributed by atoms with van der Waals surface area (Å²) in [7, 11) is 1.70. The van der Waals surface area contributed by atoms with Crippen LogP contribution in [-0.4, -0.2) is 39.3 Å². The minimum atomic E-state index is -0.886. The van der Waals surface area contributed by atoms with E-state index < -0.39 is 5.97 Å². The summed E-state index contributed by atoms with van der Waals surface area (Å²) in [6, 6.07) is 1.85. The number of carboxylic acid groups (broad SMARTS) is 1. The van der Waals surface area contributed by atoms with E-state index in [1.165, 1.54) is 0 Å². The van der Waals surface area contributed by atoms with Gasteiger partial charge in [0.25, 0.3) is 0 Å². The van der Waals surface area contributed by atoms with Gasteiger partial charge in [-0.15, -0.1) is 5.10 Å². The van der Waals surface area contributed by atoms with Gasteiger partial charge in [0.1, 0.15) is 6.54 Å². The standard InChI is InChI=1S/C10H13N5O2/c1-6-3-7(14(2)5-8(16)17)4-15-9(6)12-10(11)13-15/h3-4H,5H2,1-2H3,(H2,11,13)(H,16,17). The molecule has 0 spiro atoms. The van der Waals surface area contributed by atoms with E-state index in [-0.39, 0.29) is 12.5 Å². The number of rotatable bonds is 3. The monoisotopic (exact) mass is 235 g/mol. The molecule has 0 saturated heterocycles. The molecule has 0 aliphatic heterocycles. The predicted octanol–water partition coefficient (Wildman–Crippen LogP) is 0.141. The minimum absolute atomic E-state index is 0.0743. The second kappa shape index (κ2) is 3.93. The van der Waals surface area contributed by atoms with Crippen molar-refractivity contribution >= 4 is 23.3 Å². The third-order valence-corrected chi connectivity index (χ3v) is 2.43. The lowest BCUT2D eigenvalue weighted by atomic mass is 10.2. The highest BCUT2D eigenvalue weighted by Gasteiger charge is 2.10.